The van der Waals surface area contributed by atoms with Crippen molar-refractivity contribution in [2.24, 2.45) is 0 Å². The highest BCUT2D eigenvalue weighted by Crippen LogP contribution is 2.33. The van der Waals surface area contributed by atoms with Crippen molar-refractivity contribution in [3.05, 3.63) is 41.4 Å². The maximum Gasteiger partial charge on any atom is 0.252 e. The number of hydrogen-bond acceptors (Lipinski definition) is 6. The summed E-state index contributed by atoms with van der Waals surface area (Å²) in [4.78, 5) is 0. The molecule has 0 fully saturated rings. The van der Waals surface area contributed by atoms with E-state index in [1.54, 1.807) is 30.3 Å². The molecule has 0 spiro atoms. The molecule has 7 nitrogen and oxygen atoms in total. The molecular formula is C15H14ClN3O4S. The summed E-state index contributed by atoms with van der Waals surface area (Å²) in [5.74, 6) is 1.66. The molecule has 0 saturated heterocycles. The zero-order valence-electron chi connectivity index (χ0n) is 12.9. The van der Waals surface area contributed by atoms with Crippen LogP contribution in [-0.4, -0.2) is 35.7 Å². The smallest absolute Gasteiger partial charge is 0.252 e. The van der Waals surface area contributed by atoms with Crippen LogP contribution in [0.3, 0.4) is 0 Å². The van der Waals surface area contributed by atoms with Crippen LogP contribution in [-0.2, 0) is 10.0 Å². The summed E-state index contributed by atoms with van der Waals surface area (Å²) in [7, 11) is -3.56. The Morgan fingerprint density at radius 3 is 2.46 bits per heavy atom. The largest absolute Gasteiger partial charge is 0.494 e. The van der Waals surface area contributed by atoms with E-state index in [2.05, 4.69) is 10.3 Å². The van der Waals surface area contributed by atoms with Crippen molar-refractivity contribution in [3.63, 3.8) is 0 Å². The number of hydrogen-bond donors (Lipinski definition) is 0. The second-order valence-electron chi connectivity index (χ2n) is 4.97. The first-order valence-electron chi connectivity index (χ1n) is 7.04. The van der Waals surface area contributed by atoms with Crippen LogP contribution in [0.1, 0.15) is 6.92 Å². The lowest BCUT2D eigenvalue weighted by molar-refractivity contribution is 0.339. The molecule has 0 amide bonds. The van der Waals surface area contributed by atoms with Gasteiger partial charge in [0, 0.05) is 6.07 Å². The highest BCUT2D eigenvalue weighted by Gasteiger charge is 2.16. The van der Waals surface area contributed by atoms with Gasteiger partial charge in [0.2, 0.25) is 0 Å². The number of fused-ring (bicyclic) bond motifs is 1. The van der Waals surface area contributed by atoms with Crippen LogP contribution in [0, 0.1) is 0 Å². The standard InChI is InChI=1S/C15H14ClN3O4S/c1-3-22-10-4-6-11(7-5-10)23-15-9-13-14(8-12(15)16)19(18-17-13)24(2,20)21/h4-9H,3H2,1-2H3. The average Bonchev–Trinajstić information content (AvgIpc) is 2.92. The molecule has 0 unspecified atom stereocenters. The summed E-state index contributed by atoms with van der Waals surface area (Å²) in [6.07, 6.45) is 1.04. The molecule has 126 valence electrons. The SMILES string of the molecule is CCOc1ccc(Oc2cc3nnn(S(C)(=O)=O)c3cc2Cl)cc1. The molecule has 0 aliphatic heterocycles. The van der Waals surface area contributed by atoms with E-state index in [-0.39, 0.29) is 5.02 Å². The Hall–Kier alpha value is -2.32. The van der Waals surface area contributed by atoms with E-state index in [0.29, 0.717) is 29.1 Å². The van der Waals surface area contributed by atoms with Gasteiger partial charge in [0.05, 0.1) is 17.9 Å². The number of ether oxygens (including phenoxy) is 2. The second-order valence-corrected chi connectivity index (χ2v) is 7.19. The fourth-order valence-corrected chi connectivity index (χ4v) is 2.99. The summed E-state index contributed by atoms with van der Waals surface area (Å²) in [5.41, 5.74) is 0.660. The summed E-state index contributed by atoms with van der Waals surface area (Å²) >= 11 is 6.20. The summed E-state index contributed by atoms with van der Waals surface area (Å²) < 4.78 is 35.2. The van der Waals surface area contributed by atoms with E-state index in [9.17, 15) is 8.42 Å². The molecule has 0 aliphatic rings. The maximum atomic E-state index is 11.7. The molecule has 3 aromatic rings. The summed E-state index contributed by atoms with van der Waals surface area (Å²) in [6, 6.07) is 10.1. The van der Waals surface area contributed by atoms with Crippen molar-refractivity contribution in [1.29, 1.82) is 0 Å². The van der Waals surface area contributed by atoms with Gasteiger partial charge < -0.3 is 9.47 Å². The molecule has 0 N–H and O–H groups in total. The molecule has 0 saturated carbocycles. The van der Waals surface area contributed by atoms with Gasteiger partial charge in [-0.1, -0.05) is 16.8 Å². The van der Waals surface area contributed by atoms with E-state index in [1.165, 1.54) is 6.07 Å². The molecule has 3 rings (SSSR count). The highest BCUT2D eigenvalue weighted by molar-refractivity contribution is 7.89. The molecule has 0 atom stereocenters. The number of aromatic nitrogens is 3. The van der Waals surface area contributed by atoms with Crippen molar-refractivity contribution in [3.8, 4) is 17.2 Å². The number of benzene rings is 2. The molecule has 0 bridgehead atoms. The number of halogens is 1. The van der Waals surface area contributed by atoms with Crippen LogP contribution in [0.2, 0.25) is 5.02 Å². The first-order valence-corrected chi connectivity index (χ1v) is 9.27. The maximum absolute atomic E-state index is 11.7. The third-order valence-electron chi connectivity index (χ3n) is 3.15. The Balaban J connectivity index is 1.94. The Morgan fingerprint density at radius 2 is 1.83 bits per heavy atom. The van der Waals surface area contributed by atoms with Gasteiger partial charge in [0.1, 0.15) is 28.3 Å². The zero-order valence-corrected chi connectivity index (χ0v) is 14.5. The fraction of sp³-hybridized carbons (Fsp3) is 0.200. The van der Waals surface area contributed by atoms with Gasteiger partial charge in [0.15, 0.2) is 0 Å². The number of rotatable bonds is 5. The minimum atomic E-state index is -3.56. The Labute approximate surface area is 143 Å². The first kappa shape index (κ1) is 16.5. The topological polar surface area (TPSA) is 83.3 Å². The van der Waals surface area contributed by atoms with E-state index >= 15 is 0 Å². The first-order chi connectivity index (χ1) is 11.4. The van der Waals surface area contributed by atoms with Gasteiger partial charge in [-0.15, -0.1) is 9.19 Å². The third kappa shape index (κ3) is 3.29. The molecule has 1 aromatic heterocycles. The Morgan fingerprint density at radius 1 is 1.17 bits per heavy atom. The van der Waals surface area contributed by atoms with Crippen molar-refractivity contribution in [2.45, 2.75) is 6.92 Å². The molecule has 2 aromatic carbocycles. The van der Waals surface area contributed by atoms with E-state index in [0.717, 1.165) is 16.1 Å². The molecule has 0 aliphatic carbocycles. The summed E-state index contributed by atoms with van der Waals surface area (Å²) in [6.45, 7) is 2.49. The predicted octanol–water partition coefficient (Wildman–Crippen LogP) is 3.08. The molecular weight excluding hydrogens is 354 g/mol. The Kier molecular flexibility index (Phi) is 4.33. The molecule has 0 radical (unpaired) electrons. The van der Waals surface area contributed by atoms with Crippen LogP contribution in [0.15, 0.2) is 36.4 Å². The van der Waals surface area contributed by atoms with Crippen molar-refractivity contribution < 1.29 is 17.9 Å². The molecule has 24 heavy (non-hydrogen) atoms. The van der Waals surface area contributed by atoms with Crippen LogP contribution >= 0.6 is 11.6 Å². The quantitative estimate of drug-likeness (QED) is 0.689. The lowest BCUT2D eigenvalue weighted by atomic mass is 10.3. The van der Waals surface area contributed by atoms with Crippen LogP contribution < -0.4 is 9.47 Å². The minimum Gasteiger partial charge on any atom is -0.494 e. The highest BCUT2D eigenvalue weighted by atomic mass is 35.5. The summed E-state index contributed by atoms with van der Waals surface area (Å²) in [5, 5.41) is 7.73. The van der Waals surface area contributed by atoms with Gasteiger partial charge in [-0.05, 0) is 37.3 Å². The predicted molar refractivity (Wildman–Crippen MR) is 90.5 cm³/mol. The second kappa shape index (κ2) is 6.29. The van der Waals surface area contributed by atoms with Gasteiger partial charge in [-0.2, -0.15) is 0 Å². The van der Waals surface area contributed by atoms with Gasteiger partial charge >= 0.3 is 0 Å². The van der Waals surface area contributed by atoms with Gasteiger partial charge in [0.25, 0.3) is 10.0 Å². The monoisotopic (exact) mass is 367 g/mol. The lowest BCUT2D eigenvalue weighted by Gasteiger charge is -2.09. The fourth-order valence-electron chi connectivity index (χ4n) is 2.12. The minimum absolute atomic E-state index is 0.253. The van der Waals surface area contributed by atoms with Crippen molar-refractivity contribution >= 4 is 32.7 Å². The van der Waals surface area contributed by atoms with E-state index in [1.807, 2.05) is 6.92 Å². The zero-order chi connectivity index (χ0) is 17.3. The number of nitrogens with zero attached hydrogens (tertiary/aromatic N) is 3. The normalized spacial score (nSPS) is 11.6. The van der Waals surface area contributed by atoms with Crippen LogP contribution in [0.4, 0.5) is 0 Å². The molecule has 1 heterocycles. The van der Waals surface area contributed by atoms with Gasteiger partial charge in [-0.25, -0.2) is 8.42 Å². The third-order valence-corrected chi connectivity index (χ3v) is 4.34. The van der Waals surface area contributed by atoms with Gasteiger partial charge in [-0.3, -0.25) is 0 Å². The van der Waals surface area contributed by atoms with E-state index in [4.69, 9.17) is 21.1 Å². The molecule has 9 heteroatoms. The Bertz CT molecular complexity index is 984. The van der Waals surface area contributed by atoms with Crippen LogP contribution in [0.25, 0.3) is 11.0 Å². The lowest BCUT2D eigenvalue weighted by Crippen LogP contribution is -2.11. The van der Waals surface area contributed by atoms with Crippen molar-refractivity contribution in [2.75, 3.05) is 12.9 Å². The average molecular weight is 368 g/mol. The van der Waals surface area contributed by atoms with Crippen LogP contribution in [0.5, 0.6) is 17.2 Å². The van der Waals surface area contributed by atoms with Crippen molar-refractivity contribution in [1.82, 2.24) is 14.4 Å². The van der Waals surface area contributed by atoms with E-state index < -0.39 is 10.0 Å².